The lowest BCUT2D eigenvalue weighted by Crippen LogP contribution is -2.22. The average molecular weight is 213 g/mol. The van der Waals surface area contributed by atoms with Crippen LogP contribution in [0.3, 0.4) is 0 Å². The first kappa shape index (κ1) is 11.5. The summed E-state index contributed by atoms with van der Waals surface area (Å²) in [5.41, 5.74) is 2.29. The van der Waals surface area contributed by atoms with Crippen LogP contribution in [0.25, 0.3) is 0 Å². The fourth-order valence-electron chi connectivity index (χ4n) is 1.41. The van der Waals surface area contributed by atoms with E-state index in [4.69, 9.17) is 11.6 Å². The second kappa shape index (κ2) is 5.32. The number of aromatic nitrogens is 1. The molecule has 0 N–H and O–H groups in total. The van der Waals surface area contributed by atoms with Gasteiger partial charge in [-0.05, 0) is 31.6 Å². The minimum atomic E-state index is 0.575. The Kier molecular flexibility index (Phi) is 4.36. The highest BCUT2D eigenvalue weighted by Crippen LogP contribution is 2.12. The van der Waals surface area contributed by atoms with E-state index in [0.29, 0.717) is 5.15 Å². The minimum Gasteiger partial charge on any atom is -0.300 e. The molecule has 3 heteroatoms. The van der Waals surface area contributed by atoms with E-state index in [9.17, 15) is 0 Å². The van der Waals surface area contributed by atoms with Crippen molar-refractivity contribution < 1.29 is 0 Å². The van der Waals surface area contributed by atoms with Gasteiger partial charge in [0.05, 0.1) is 0 Å². The van der Waals surface area contributed by atoms with E-state index in [1.807, 2.05) is 13.0 Å². The molecule has 0 aliphatic rings. The normalized spacial score (nSPS) is 10.9. The van der Waals surface area contributed by atoms with Crippen LogP contribution in [0, 0.1) is 6.92 Å². The lowest BCUT2D eigenvalue weighted by atomic mass is 10.2. The van der Waals surface area contributed by atoms with Crippen molar-refractivity contribution in [2.75, 3.05) is 13.1 Å². The molecule has 1 aromatic heterocycles. The number of pyridine rings is 1. The first-order chi connectivity index (χ1) is 6.67. The van der Waals surface area contributed by atoms with Crippen molar-refractivity contribution in [2.24, 2.45) is 0 Å². The van der Waals surface area contributed by atoms with Crippen molar-refractivity contribution in [1.29, 1.82) is 0 Å². The molecule has 0 aliphatic heterocycles. The van der Waals surface area contributed by atoms with Crippen LogP contribution in [0.2, 0.25) is 5.15 Å². The average Bonchev–Trinajstić information content (AvgIpc) is 2.17. The van der Waals surface area contributed by atoms with Gasteiger partial charge in [-0.25, -0.2) is 4.98 Å². The lowest BCUT2D eigenvalue weighted by Gasteiger charge is -2.18. The maximum atomic E-state index is 5.80. The third kappa shape index (κ3) is 2.96. The van der Waals surface area contributed by atoms with Crippen molar-refractivity contribution in [3.8, 4) is 0 Å². The Hall–Kier alpha value is -0.600. The lowest BCUT2D eigenvalue weighted by molar-refractivity contribution is 0.295. The topological polar surface area (TPSA) is 16.1 Å². The number of nitrogens with zero attached hydrogens (tertiary/aromatic N) is 2. The highest BCUT2D eigenvalue weighted by atomic mass is 35.5. The molecule has 1 heterocycles. The van der Waals surface area contributed by atoms with Crippen molar-refractivity contribution in [1.82, 2.24) is 9.88 Å². The molecule has 0 fully saturated rings. The van der Waals surface area contributed by atoms with Gasteiger partial charge in [-0.1, -0.05) is 31.5 Å². The molecule has 0 aromatic carbocycles. The van der Waals surface area contributed by atoms with Gasteiger partial charge < -0.3 is 0 Å². The van der Waals surface area contributed by atoms with Crippen LogP contribution < -0.4 is 0 Å². The van der Waals surface area contributed by atoms with Gasteiger partial charge in [-0.3, -0.25) is 4.90 Å². The molecule has 14 heavy (non-hydrogen) atoms. The predicted octanol–water partition coefficient (Wildman–Crippen LogP) is 2.89. The van der Waals surface area contributed by atoms with Gasteiger partial charge in [0.2, 0.25) is 0 Å². The van der Waals surface area contributed by atoms with Crippen molar-refractivity contribution in [2.45, 2.75) is 27.3 Å². The molecule has 0 saturated heterocycles. The van der Waals surface area contributed by atoms with E-state index in [0.717, 1.165) is 25.3 Å². The standard InChI is InChI=1S/C11H17ClN2/c1-4-14(5-2)8-10-6-7-11(12)13-9(10)3/h6-7H,4-5,8H2,1-3H3. The fraction of sp³-hybridized carbons (Fsp3) is 0.545. The number of rotatable bonds is 4. The summed E-state index contributed by atoms with van der Waals surface area (Å²) in [6.45, 7) is 9.44. The molecule has 0 spiro atoms. The van der Waals surface area contributed by atoms with Gasteiger partial charge in [0, 0.05) is 12.2 Å². The summed E-state index contributed by atoms with van der Waals surface area (Å²) >= 11 is 5.80. The van der Waals surface area contributed by atoms with Crippen LogP contribution in [0.15, 0.2) is 12.1 Å². The Labute approximate surface area is 90.9 Å². The molecule has 0 bridgehead atoms. The predicted molar refractivity (Wildman–Crippen MR) is 60.6 cm³/mol. The Balaban J connectivity index is 2.76. The van der Waals surface area contributed by atoms with Crippen LogP contribution in [-0.4, -0.2) is 23.0 Å². The third-order valence-electron chi connectivity index (χ3n) is 2.45. The van der Waals surface area contributed by atoms with Gasteiger partial charge in [-0.2, -0.15) is 0 Å². The maximum absolute atomic E-state index is 5.80. The quantitative estimate of drug-likeness (QED) is 0.714. The molecule has 1 aromatic rings. The summed E-state index contributed by atoms with van der Waals surface area (Å²) in [4.78, 5) is 6.59. The molecular formula is C11H17ClN2. The van der Waals surface area contributed by atoms with Crippen LogP contribution in [0.1, 0.15) is 25.1 Å². The van der Waals surface area contributed by atoms with E-state index in [-0.39, 0.29) is 0 Å². The number of hydrogen-bond acceptors (Lipinski definition) is 2. The number of hydrogen-bond donors (Lipinski definition) is 0. The monoisotopic (exact) mass is 212 g/mol. The molecule has 0 saturated carbocycles. The Morgan fingerprint density at radius 1 is 1.29 bits per heavy atom. The van der Waals surface area contributed by atoms with Gasteiger partial charge in [0.1, 0.15) is 5.15 Å². The molecule has 78 valence electrons. The van der Waals surface area contributed by atoms with Crippen LogP contribution in [0.5, 0.6) is 0 Å². The first-order valence-electron chi connectivity index (χ1n) is 5.01. The SMILES string of the molecule is CCN(CC)Cc1ccc(Cl)nc1C. The van der Waals surface area contributed by atoms with E-state index < -0.39 is 0 Å². The zero-order valence-corrected chi connectivity index (χ0v) is 9.80. The largest absolute Gasteiger partial charge is 0.300 e. The summed E-state index contributed by atoms with van der Waals surface area (Å²) in [5.74, 6) is 0. The summed E-state index contributed by atoms with van der Waals surface area (Å²) in [7, 11) is 0. The highest BCUT2D eigenvalue weighted by molar-refractivity contribution is 6.29. The van der Waals surface area contributed by atoms with Crippen LogP contribution in [-0.2, 0) is 6.54 Å². The fourth-order valence-corrected chi connectivity index (χ4v) is 1.60. The van der Waals surface area contributed by atoms with Crippen molar-refractivity contribution >= 4 is 11.6 Å². The van der Waals surface area contributed by atoms with Crippen molar-refractivity contribution in [3.63, 3.8) is 0 Å². The summed E-state index contributed by atoms with van der Waals surface area (Å²) in [6, 6.07) is 3.91. The highest BCUT2D eigenvalue weighted by Gasteiger charge is 2.04. The summed E-state index contributed by atoms with van der Waals surface area (Å²) in [5, 5.41) is 0.575. The molecule has 2 nitrogen and oxygen atoms in total. The molecule has 0 aliphatic carbocycles. The maximum Gasteiger partial charge on any atom is 0.129 e. The second-order valence-electron chi connectivity index (χ2n) is 3.34. The van der Waals surface area contributed by atoms with E-state index in [1.165, 1.54) is 5.56 Å². The van der Waals surface area contributed by atoms with E-state index in [2.05, 4.69) is 29.8 Å². The molecule has 0 radical (unpaired) electrons. The van der Waals surface area contributed by atoms with E-state index >= 15 is 0 Å². The number of halogens is 1. The third-order valence-corrected chi connectivity index (χ3v) is 2.66. The minimum absolute atomic E-state index is 0.575. The van der Waals surface area contributed by atoms with Crippen LogP contribution >= 0.6 is 11.6 Å². The second-order valence-corrected chi connectivity index (χ2v) is 3.73. The Morgan fingerprint density at radius 2 is 1.93 bits per heavy atom. The number of aryl methyl sites for hydroxylation is 1. The first-order valence-corrected chi connectivity index (χ1v) is 5.39. The van der Waals surface area contributed by atoms with Gasteiger partial charge in [0.25, 0.3) is 0 Å². The Morgan fingerprint density at radius 3 is 2.43 bits per heavy atom. The van der Waals surface area contributed by atoms with Gasteiger partial charge in [0.15, 0.2) is 0 Å². The van der Waals surface area contributed by atoms with E-state index in [1.54, 1.807) is 0 Å². The van der Waals surface area contributed by atoms with Crippen LogP contribution in [0.4, 0.5) is 0 Å². The molecule has 1 rings (SSSR count). The molecule has 0 atom stereocenters. The summed E-state index contributed by atoms with van der Waals surface area (Å²) < 4.78 is 0. The summed E-state index contributed by atoms with van der Waals surface area (Å²) in [6.07, 6.45) is 0. The zero-order chi connectivity index (χ0) is 10.6. The van der Waals surface area contributed by atoms with Crippen molar-refractivity contribution in [3.05, 3.63) is 28.5 Å². The Bertz CT molecular complexity index is 295. The molecule has 0 amide bonds. The van der Waals surface area contributed by atoms with Gasteiger partial charge in [-0.15, -0.1) is 0 Å². The molecule has 0 unspecified atom stereocenters. The van der Waals surface area contributed by atoms with Gasteiger partial charge >= 0.3 is 0 Å². The molecular weight excluding hydrogens is 196 g/mol. The zero-order valence-electron chi connectivity index (χ0n) is 9.05. The smallest absolute Gasteiger partial charge is 0.129 e.